The monoisotopic (exact) mass is 225 g/mol. The molecule has 1 amide bonds. The zero-order valence-corrected chi connectivity index (χ0v) is 10.2. The molecule has 0 aromatic carbocycles. The number of aromatic nitrogens is 2. The summed E-state index contributed by atoms with van der Waals surface area (Å²) in [6.07, 6.45) is 0. The van der Waals surface area contributed by atoms with E-state index in [0.717, 1.165) is 17.1 Å². The molecule has 0 aliphatic carbocycles. The molecule has 3 N–H and O–H groups in total. The summed E-state index contributed by atoms with van der Waals surface area (Å²) >= 11 is 0. The number of carbonyl (C=O) groups is 1. The van der Waals surface area contributed by atoms with Crippen molar-refractivity contribution in [3.63, 3.8) is 0 Å². The standard InChI is InChI=1S/C10H19N5O/c1-7-8(5-14(3)6-9(11)16)10(12-2)15(4)13-7/h12H,5-6H2,1-4H3,(H2,11,16). The molecule has 0 saturated heterocycles. The summed E-state index contributed by atoms with van der Waals surface area (Å²) in [7, 11) is 5.60. The van der Waals surface area contributed by atoms with Crippen LogP contribution in [-0.4, -0.2) is 41.2 Å². The summed E-state index contributed by atoms with van der Waals surface area (Å²) in [5.74, 6) is 0.642. The summed E-state index contributed by atoms with van der Waals surface area (Å²) < 4.78 is 1.79. The largest absolute Gasteiger partial charge is 0.373 e. The average Bonchev–Trinajstić information content (AvgIpc) is 2.40. The van der Waals surface area contributed by atoms with Gasteiger partial charge in [-0.2, -0.15) is 5.10 Å². The first kappa shape index (κ1) is 12.5. The predicted molar refractivity (Wildman–Crippen MR) is 63.0 cm³/mol. The normalized spacial score (nSPS) is 10.8. The van der Waals surface area contributed by atoms with Crippen molar-refractivity contribution in [2.24, 2.45) is 12.8 Å². The van der Waals surface area contributed by atoms with Gasteiger partial charge in [0, 0.05) is 26.2 Å². The maximum Gasteiger partial charge on any atom is 0.231 e. The van der Waals surface area contributed by atoms with Crippen LogP contribution in [0.4, 0.5) is 5.82 Å². The second kappa shape index (κ2) is 4.98. The van der Waals surface area contributed by atoms with Gasteiger partial charge in [-0.25, -0.2) is 0 Å². The zero-order chi connectivity index (χ0) is 12.3. The van der Waals surface area contributed by atoms with Crippen LogP contribution in [0.5, 0.6) is 0 Å². The Balaban J connectivity index is 2.83. The first-order valence-electron chi connectivity index (χ1n) is 5.12. The number of hydrogen-bond donors (Lipinski definition) is 2. The predicted octanol–water partition coefficient (Wildman–Crippen LogP) is -0.313. The SMILES string of the molecule is CNc1c(CN(C)CC(N)=O)c(C)nn1C. The Bertz CT molecular complexity index is 385. The van der Waals surface area contributed by atoms with Crippen LogP contribution < -0.4 is 11.1 Å². The number of likely N-dealkylation sites (N-methyl/N-ethyl adjacent to an activating group) is 1. The molecule has 1 heterocycles. The highest BCUT2D eigenvalue weighted by Crippen LogP contribution is 2.19. The quantitative estimate of drug-likeness (QED) is 0.720. The first-order chi connectivity index (χ1) is 7.45. The number of carbonyl (C=O) groups excluding carboxylic acids is 1. The topological polar surface area (TPSA) is 76.2 Å². The Morgan fingerprint density at radius 2 is 2.25 bits per heavy atom. The van der Waals surface area contributed by atoms with Gasteiger partial charge in [-0.05, 0) is 14.0 Å². The number of nitrogens with two attached hydrogens (primary N) is 1. The van der Waals surface area contributed by atoms with E-state index in [-0.39, 0.29) is 12.5 Å². The lowest BCUT2D eigenvalue weighted by molar-refractivity contribution is -0.118. The molecule has 16 heavy (non-hydrogen) atoms. The van der Waals surface area contributed by atoms with Crippen LogP contribution in [0.2, 0.25) is 0 Å². The molecule has 0 fully saturated rings. The van der Waals surface area contributed by atoms with Crippen molar-refractivity contribution in [2.45, 2.75) is 13.5 Å². The van der Waals surface area contributed by atoms with Gasteiger partial charge >= 0.3 is 0 Å². The number of aryl methyl sites for hydroxylation is 2. The maximum atomic E-state index is 10.8. The lowest BCUT2D eigenvalue weighted by Gasteiger charge is -2.15. The van der Waals surface area contributed by atoms with Crippen LogP contribution in [-0.2, 0) is 18.4 Å². The van der Waals surface area contributed by atoms with Crippen molar-refractivity contribution < 1.29 is 4.79 Å². The summed E-state index contributed by atoms with van der Waals surface area (Å²) in [5.41, 5.74) is 7.20. The maximum absolute atomic E-state index is 10.8. The molecule has 1 aromatic heterocycles. The third-order valence-corrected chi connectivity index (χ3v) is 2.44. The summed E-state index contributed by atoms with van der Waals surface area (Å²) in [5, 5.41) is 7.43. The Hall–Kier alpha value is -1.56. The van der Waals surface area contributed by atoms with E-state index in [0.29, 0.717) is 6.54 Å². The van der Waals surface area contributed by atoms with Crippen LogP contribution in [0.3, 0.4) is 0 Å². The van der Waals surface area contributed by atoms with E-state index >= 15 is 0 Å². The molecule has 6 nitrogen and oxygen atoms in total. The summed E-state index contributed by atoms with van der Waals surface area (Å²) in [6.45, 7) is 2.85. The fourth-order valence-corrected chi connectivity index (χ4v) is 1.80. The molecule has 0 saturated carbocycles. The molecular formula is C10H19N5O. The van der Waals surface area contributed by atoms with E-state index in [9.17, 15) is 4.79 Å². The Morgan fingerprint density at radius 1 is 1.62 bits per heavy atom. The Kier molecular flexibility index (Phi) is 3.89. The van der Waals surface area contributed by atoms with E-state index in [1.807, 2.05) is 33.0 Å². The molecular weight excluding hydrogens is 206 g/mol. The highest BCUT2D eigenvalue weighted by Gasteiger charge is 2.14. The van der Waals surface area contributed by atoms with Crippen LogP contribution in [0.1, 0.15) is 11.3 Å². The van der Waals surface area contributed by atoms with Gasteiger partial charge in [0.15, 0.2) is 0 Å². The first-order valence-corrected chi connectivity index (χ1v) is 5.12. The van der Waals surface area contributed by atoms with E-state index in [2.05, 4.69) is 10.4 Å². The second-order valence-corrected chi connectivity index (χ2v) is 3.92. The van der Waals surface area contributed by atoms with Gasteiger partial charge in [-0.1, -0.05) is 0 Å². The molecule has 90 valence electrons. The molecule has 0 radical (unpaired) electrons. The van der Waals surface area contributed by atoms with E-state index in [4.69, 9.17) is 5.73 Å². The number of hydrogen-bond acceptors (Lipinski definition) is 4. The third-order valence-electron chi connectivity index (χ3n) is 2.44. The van der Waals surface area contributed by atoms with Crippen LogP contribution in [0.15, 0.2) is 0 Å². The molecule has 6 heteroatoms. The van der Waals surface area contributed by atoms with Crippen molar-refractivity contribution in [3.8, 4) is 0 Å². The minimum absolute atomic E-state index is 0.248. The highest BCUT2D eigenvalue weighted by atomic mass is 16.1. The lowest BCUT2D eigenvalue weighted by Crippen LogP contribution is -2.30. The van der Waals surface area contributed by atoms with Crippen molar-refractivity contribution in [1.82, 2.24) is 14.7 Å². The van der Waals surface area contributed by atoms with E-state index < -0.39 is 0 Å². The van der Waals surface area contributed by atoms with Gasteiger partial charge in [0.2, 0.25) is 5.91 Å². The van der Waals surface area contributed by atoms with E-state index in [1.165, 1.54) is 0 Å². The van der Waals surface area contributed by atoms with Crippen LogP contribution in [0, 0.1) is 6.92 Å². The van der Waals surface area contributed by atoms with Crippen LogP contribution >= 0.6 is 0 Å². The number of primary amides is 1. The molecule has 0 unspecified atom stereocenters. The fourth-order valence-electron chi connectivity index (χ4n) is 1.80. The fraction of sp³-hybridized carbons (Fsp3) is 0.600. The van der Waals surface area contributed by atoms with Crippen molar-refractivity contribution in [2.75, 3.05) is 26.0 Å². The van der Waals surface area contributed by atoms with E-state index in [1.54, 1.807) is 4.68 Å². The van der Waals surface area contributed by atoms with Gasteiger partial charge in [0.1, 0.15) is 5.82 Å². The Labute approximate surface area is 95.4 Å². The second-order valence-electron chi connectivity index (χ2n) is 3.92. The summed E-state index contributed by atoms with van der Waals surface area (Å²) in [4.78, 5) is 12.7. The molecule has 1 rings (SSSR count). The van der Waals surface area contributed by atoms with Crippen molar-refractivity contribution in [1.29, 1.82) is 0 Å². The minimum atomic E-state index is -0.324. The molecule has 0 atom stereocenters. The Morgan fingerprint density at radius 3 is 2.75 bits per heavy atom. The zero-order valence-electron chi connectivity index (χ0n) is 10.2. The van der Waals surface area contributed by atoms with Gasteiger partial charge in [0.25, 0.3) is 0 Å². The molecule has 0 aliphatic rings. The van der Waals surface area contributed by atoms with Gasteiger partial charge in [-0.3, -0.25) is 14.4 Å². The number of nitrogens with zero attached hydrogens (tertiary/aromatic N) is 3. The number of anilines is 1. The lowest BCUT2D eigenvalue weighted by atomic mass is 10.2. The van der Waals surface area contributed by atoms with Gasteiger partial charge in [0.05, 0.1) is 12.2 Å². The number of amides is 1. The number of rotatable bonds is 5. The molecule has 0 bridgehead atoms. The smallest absolute Gasteiger partial charge is 0.231 e. The molecule has 0 spiro atoms. The van der Waals surface area contributed by atoms with Gasteiger partial charge < -0.3 is 11.1 Å². The van der Waals surface area contributed by atoms with Crippen molar-refractivity contribution in [3.05, 3.63) is 11.3 Å². The highest BCUT2D eigenvalue weighted by molar-refractivity contribution is 5.75. The summed E-state index contributed by atoms with van der Waals surface area (Å²) in [6, 6.07) is 0. The number of nitrogens with one attached hydrogen (secondary N) is 1. The molecule has 0 aliphatic heterocycles. The molecule has 1 aromatic rings. The average molecular weight is 225 g/mol. The van der Waals surface area contributed by atoms with Crippen LogP contribution in [0.25, 0.3) is 0 Å². The van der Waals surface area contributed by atoms with Gasteiger partial charge in [-0.15, -0.1) is 0 Å². The third kappa shape index (κ3) is 2.73. The minimum Gasteiger partial charge on any atom is -0.373 e. The van der Waals surface area contributed by atoms with Crippen molar-refractivity contribution >= 4 is 11.7 Å².